The molecule has 1 spiro atoms. The number of anilines is 1. The smallest absolute Gasteiger partial charge is 0.410 e. The Balaban J connectivity index is 1.51. The zero-order valence-electron chi connectivity index (χ0n) is 23.3. The molecule has 2 aliphatic rings. The number of hydrogen-bond acceptors (Lipinski definition) is 7. The van der Waals surface area contributed by atoms with Crippen LogP contribution in [0.4, 0.5) is 10.5 Å². The number of carbonyl (C=O) groups is 1. The molecule has 5 rings (SSSR count). The van der Waals surface area contributed by atoms with Crippen LogP contribution in [0, 0.1) is 24.7 Å². The fraction of sp³-hybridized carbons (Fsp3) is 0.448. The number of halogens is 1. The molecule has 3 heterocycles. The summed E-state index contributed by atoms with van der Waals surface area (Å²) in [7, 11) is 1.58. The van der Waals surface area contributed by atoms with E-state index < -0.39 is 5.60 Å². The highest BCUT2D eigenvalue weighted by Crippen LogP contribution is 2.55. The molecule has 2 fully saturated rings. The number of hydrogen-bond donors (Lipinski definition) is 2. The summed E-state index contributed by atoms with van der Waals surface area (Å²) in [5.74, 6) is 0.509. The average molecular weight is 551 g/mol. The van der Waals surface area contributed by atoms with Gasteiger partial charge in [-0.25, -0.2) is 9.78 Å². The molecule has 10 heteroatoms. The minimum atomic E-state index is -0.507. The van der Waals surface area contributed by atoms with Crippen LogP contribution in [0.1, 0.15) is 56.5 Å². The van der Waals surface area contributed by atoms with Crippen molar-refractivity contribution >= 4 is 29.6 Å². The number of nitrogens with zero attached hydrogens (tertiary/aromatic N) is 4. The molecule has 0 radical (unpaired) electrons. The number of nitrogens with one attached hydrogen (secondary N) is 1. The largest absolute Gasteiger partial charge is 0.481 e. The quantitative estimate of drug-likeness (QED) is 0.295. The maximum atomic E-state index is 12.5. The third kappa shape index (κ3) is 4.73. The molecule has 3 N–H and O–H groups in total. The van der Waals surface area contributed by atoms with E-state index in [2.05, 4.69) is 9.67 Å². The number of methoxy groups -OCH3 is 1. The topological polar surface area (TPSA) is 119 Å². The van der Waals surface area contributed by atoms with Crippen LogP contribution in [-0.2, 0) is 4.74 Å². The molecule has 1 aliphatic heterocycles. The van der Waals surface area contributed by atoms with Crippen molar-refractivity contribution in [1.29, 1.82) is 5.41 Å². The van der Waals surface area contributed by atoms with Crippen molar-refractivity contribution in [3.05, 3.63) is 46.2 Å². The van der Waals surface area contributed by atoms with E-state index in [1.807, 2.05) is 40.7 Å². The fourth-order valence-electron chi connectivity index (χ4n) is 5.84. The maximum absolute atomic E-state index is 12.5. The van der Waals surface area contributed by atoms with Crippen LogP contribution in [0.25, 0.3) is 22.4 Å². The predicted molar refractivity (Wildman–Crippen MR) is 153 cm³/mol. The Morgan fingerprint density at radius 1 is 1.23 bits per heavy atom. The highest BCUT2D eigenvalue weighted by Gasteiger charge is 2.55. The van der Waals surface area contributed by atoms with Crippen LogP contribution in [0.2, 0.25) is 5.02 Å². The highest BCUT2D eigenvalue weighted by atomic mass is 35.5. The average Bonchev–Trinajstić information content (AvgIpc) is 3.14. The van der Waals surface area contributed by atoms with Crippen molar-refractivity contribution in [2.24, 2.45) is 5.41 Å². The third-order valence-corrected chi connectivity index (χ3v) is 8.16. The normalized spacial score (nSPS) is 16.5. The monoisotopic (exact) mass is 550 g/mol. The summed E-state index contributed by atoms with van der Waals surface area (Å²) in [5, 5.41) is 13.7. The van der Waals surface area contributed by atoms with Gasteiger partial charge in [-0.3, -0.25) is 4.68 Å². The lowest BCUT2D eigenvalue weighted by Crippen LogP contribution is -2.64. The Morgan fingerprint density at radius 2 is 1.92 bits per heavy atom. The second-order valence-corrected chi connectivity index (χ2v) is 12.1. The number of rotatable bonds is 5. The van der Waals surface area contributed by atoms with Gasteiger partial charge >= 0.3 is 6.09 Å². The number of nitrogens with two attached hydrogens (primary N) is 1. The van der Waals surface area contributed by atoms with Crippen molar-refractivity contribution < 1.29 is 14.3 Å². The summed E-state index contributed by atoms with van der Waals surface area (Å²) >= 11 is 6.89. The second-order valence-electron chi connectivity index (χ2n) is 11.8. The summed E-state index contributed by atoms with van der Waals surface area (Å²) < 4.78 is 12.9. The lowest BCUT2D eigenvalue weighted by Gasteiger charge is -2.58. The zero-order valence-corrected chi connectivity index (χ0v) is 24.0. The molecule has 0 bridgehead atoms. The molecular formula is C29H35ClN6O3. The Kier molecular flexibility index (Phi) is 6.61. The fourth-order valence-corrected chi connectivity index (χ4v) is 6.09. The van der Waals surface area contributed by atoms with E-state index in [1.165, 1.54) is 6.21 Å². The maximum Gasteiger partial charge on any atom is 0.410 e. The predicted octanol–water partition coefficient (Wildman–Crippen LogP) is 6.04. The molecule has 206 valence electrons. The van der Waals surface area contributed by atoms with Gasteiger partial charge in [0.05, 0.1) is 18.2 Å². The van der Waals surface area contributed by atoms with Gasteiger partial charge in [-0.1, -0.05) is 11.6 Å². The number of aryl methyl sites for hydroxylation is 1. The van der Waals surface area contributed by atoms with Gasteiger partial charge in [0, 0.05) is 70.6 Å². The SMILES string of the molecule is COc1ccc(-c2nn(C3CC4(C3)CN(C(=O)OC(C)(C)C)C4)c(C)c2-c2c(Cl)c(C)cc(N)c2C=N)cn1. The second kappa shape index (κ2) is 9.55. The molecule has 0 atom stereocenters. The van der Waals surface area contributed by atoms with E-state index in [9.17, 15) is 4.79 Å². The Bertz CT molecular complexity index is 1440. The summed E-state index contributed by atoms with van der Waals surface area (Å²) in [4.78, 5) is 18.6. The van der Waals surface area contributed by atoms with Gasteiger partial charge in [0.2, 0.25) is 5.88 Å². The first-order valence-electron chi connectivity index (χ1n) is 13.0. The van der Waals surface area contributed by atoms with Gasteiger partial charge in [0.1, 0.15) is 11.3 Å². The molecule has 0 unspecified atom stereocenters. The minimum Gasteiger partial charge on any atom is -0.481 e. The Morgan fingerprint density at radius 3 is 2.49 bits per heavy atom. The standard InChI is InChI=1S/C29H35ClN6O3/c1-16-9-21(32)20(12-31)24(25(16)30)23-17(2)36(34-26(23)18-7-8-22(38-6)33-13-18)19-10-29(11-19)14-35(15-29)27(37)39-28(3,4)5/h7-9,12-13,19,31H,10-11,14-15,32H2,1-6H3. The van der Waals surface area contributed by atoms with E-state index in [0.29, 0.717) is 40.8 Å². The lowest BCUT2D eigenvalue weighted by atomic mass is 9.61. The first-order valence-corrected chi connectivity index (χ1v) is 13.4. The number of nitrogen functional groups attached to an aromatic ring is 1. The van der Waals surface area contributed by atoms with E-state index >= 15 is 0 Å². The van der Waals surface area contributed by atoms with Gasteiger partial charge in [-0.15, -0.1) is 0 Å². The molecule has 1 saturated heterocycles. The van der Waals surface area contributed by atoms with Gasteiger partial charge < -0.3 is 25.5 Å². The molecule has 1 aliphatic carbocycles. The van der Waals surface area contributed by atoms with Crippen LogP contribution in [0.5, 0.6) is 5.88 Å². The van der Waals surface area contributed by atoms with Gasteiger partial charge in [-0.2, -0.15) is 5.10 Å². The van der Waals surface area contributed by atoms with Crippen LogP contribution in [-0.4, -0.2) is 57.8 Å². The lowest BCUT2D eigenvalue weighted by molar-refractivity contribution is -0.0930. The number of aromatic nitrogens is 3. The van der Waals surface area contributed by atoms with Crippen molar-refractivity contribution in [3.8, 4) is 28.3 Å². The number of ether oxygens (including phenoxy) is 2. The van der Waals surface area contributed by atoms with Crippen molar-refractivity contribution in [2.45, 2.75) is 59.1 Å². The molecule has 9 nitrogen and oxygen atoms in total. The molecule has 1 amide bonds. The minimum absolute atomic E-state index is 0.0908. The van der Waals surface area contributed by atoms with E-state index in [1.54, 1.807) is 30.3 Å². The van der Waals surface area contributed by atoms with Crippen LogP contribution in [0.15, 0.2) is 24.4 Å². The Hall–Kier alpha value is -3.59. The van der Waals surface area contributed by atoms with Crippen molar-refractivity contribution in [1.82, 2.24) is 19.7 Å². The first-order chi connectivity index (χ1) is 18.4. The van der Waals surface area contributed by atoms with Crippen molar-refractivity contribution in [2.75, 3.05) is 25.9 Å². The van der Waals surface area contributed by atoms with Crippen molar-refractivity contribution in [3.63, 3.8) is 0 Å². The summed E-state index contributed by atoms with van der Waals surface area (Å²) in [6.07, 6.45) is 4.55. The van der Waals surface area contributed by atoms with E-state index in [-0.39, 0.29) is 17.6 Å². The molecule has 3 aromatic rings. The van der Waals surface area contributed by atoms with Gasteiger partial charge in [0.15, 0.2) is 0 Å². The highest BCUT2D eigenvalue weighted by molar-refractivity contribution is 6.35. The van der Waals surface area contributed by atoms with Gasteiger partial charge in [0.25, 0.3) is 0 Å². The molecule has 1 aromatic carbocycles. The number of pyridine rings is 1. The summed E-state index contributed by atoms with van der Waals surface area (Å²) in [6.45, 7) is 11.0. The third-order valence-electron chi connectivity index (χ3n) is 7.67. The molecule has 1 saturated carbocycles. The number of amides is 1. The van der Waals surface area contributed by atoms with E-state index in [4.69, 9.17) is 37.3 Å². The Labute approximate surface area is 233 Å². The summed E-state index contributed by atoms with van der Waals surface area (Å²) in [6, 6.07) is 5.69. The number of likely N-dealkylation sites (tertiary alicyclic amines) is 1. The number of benzene rings is 1. The van der Waals surface area contributed by atoms with Crippen LogP contribution < -0.4 is 10.5 Å². The first kappa shape index (κ1) is 27.0. The molecular weight excluding hydrogens is 516 g/mol. The number of carbonyl (C=O) groups excluding carboxylic acids is 1. The van der Waals surface area contributed by atoms with Crippen LogP contribution >= 0.6 is 11.6 Å². The van der Waals surface area contributed by atoms with Gasteiger partial charge in [-0.05, 0) is 65.2 Å². The zero-order chi connectivity index (χ0) is 28.3. The van der Waals surface area contributed by atoms with Crippen LogP contribution in [0.3, 0.4) is 0 Å². The van der Waals surface area contributed by atoms with E-state index in [0.717, 1.165) is 40.9 Å². The summed E-state index contributed by atoms with van der Waals surface area (Å²) in [5.41, 5.74) is 11.8. The molecule has 2 aromatic heterocycles. The molecule has 39 heavy (non-hydrogen) atoms.